The number of ether oxygens (including phenoxy) is 1. The summed E-state index contributed by atoms with van der Waals surface area (Å²) < 4.78 is 19.1. The summed E-state index contributed by atoms with van der Waals surface area (Å²) in [5, 5.41) is 7.86. The first-order valence-corrected chi connectivity index (χ1v) is 11.1. The van der Waals surface area contributed by atoms with Crippen molar-refractivity contribution in [3.05, 3.63) is 18.5 Å². The minimum Gasteiger partial charge on any atom is -0.378 e. The lowest BCUT2D eigenvalue weighted by Gasteiger charge is -2.43. The van der Waals surface area contributed by atoms with Gasteiger partial charge in [-0.2, -0.15) is 0 Å². The van der Waals surface area contributed by atoms with E-state index in [1.165, 1.54) is 0 Å². The minimum atomic E-state index is -0.987. The van der Waals surface area contributed by atoms with E-state index in [2.05, 4.69) is 30.8 Å². The number of pyridine rings is 1. The first-order valence-electron chi connectivity index (χ1n) is 11.1. The summed E-state index contributed by atoms with van der Waals surface area (Å²) in [6, 6.07) is 3.54. The van der Waals surface area contributed by atoms with Gasteiger partial charge in [0.1, 0.15) is 6.17 Å². The molecular formula is C20H29FN8O2. The molecule has 1 amide bonds. The Bertz CT molecular complexity index is 856. The van der Waals surface area contributed by atoms with Crippen LogP contribution in [0.3, 0.4) is 0 Å². The molecule has 6 rings (SSSR count). The number of carbonyl (C=O) groups excluding carboxylic acids is 1. The van der Waals surface area contributed by atoms with Crippen LogP contribution in [0.15, 0.2) is 18.5 Å². The van der Waals surface area contributed by atoms with Gasteiger partial charge >= 0.3 is 0 Å². The molecule has 4 saturated heterocycles. The Balaban J connectivity index is 1.17. The van der Waals surface area contributed by atoms with E-state index in [1.807, 2.05) is 6.07 Å². The van der Waals surface area contributed by atoms with Crippen molar-refractivity contribution in [2.75, 3.05) is 49.6 Å². The van der Waals surface area contributed by atoms with Gasteiger partial charge in [-0.25, -0.2) is 14.8 Å². The zero-order valence-corrected chi connectivity index (χ0v) is 17.3. The van der Waals surface area contributed by atoms with Crippen LogP contribution in [0, 0.1) is 5.92 Å². The highest BCUT2D eigenvalue weighted by Gasteiger charge is 2.52. The number of aromatic nitrogens is 1. The van der Waals surface area contributed by atoms with Gasteiger partial charge in [0.25, 0.3) is 0 Å². The highest BCUT2D eigenvalue weighted by molar-refractivity contribution is 5.96. The number of hydrogen-bond acceptors (Lipinski definition) is 9. The molecule has 1 aromatic rings. The highest BCUT2D eigenvalue weighted by atomic mass is 19.1. The normalized spacial score (nSPS) is 38.3. The number of anilines is 2. The van der Waals surface area contributed by atoms with Crippen molar-refractivity contribution in [1.82, 2.24) is 25.6 Å². The molecule has 1 aromatic heterocycles. The zero-order chi connectivity index (χ0) is 21.1. The summed E-state index contributed by atoms with van der Waals surface area (Å²) in [7, 11) is 0. The molecule has 5 heterocycles. The lowest BCUT2D eigenvalue weighted by atomic mass is 10.0. The van der Waals surface area contributed by atoms with E-state index in [0.717, 1.165) is 38.4 Å². The molecule has 31 heavy (non-hydrogen) atoms. The Morgan fingerprint density at radius 1 is 1.32 bits per heavy atom. The number of fused-ring (bicyclic) bond motifs is 2. The standard InChI is InChI=1S/C20H29FN8O2/c21-11-6-24-19-17(18(22)26-29(19)8-11)20(30)25-13-7-23-2-1-14(13)28-4-3-27(12-9-31-10-12)15-5-16(15)28/h1-2,7,11-12,15-19,24,26H,3-6,8-10,22H2,(H,25,30). The summed E-state index contributed by atoms with van der Waals surface area (Å²) in [5.41, 5.74) is 10.9. The Morgan fingerprint density at radius 3 is 3.00 bits per heavy atom. The summed E-state index contributed by atoms with van der Waals surface area (Å²) >= 11 is 0. The molecule has 5 N–H and O–H groups in total. The fraction of sp³-hybridized carbons (Fsp3) is 0.700. The quantitative estimate of drug-likeness (QED) is 0.460. The summed E-state index contributed by atoms with van der Waals surface area (Å²) in [6.45, 7) is 4.01. The van der Waals surface area contributed by atoms with Gasteiger partial charge in [0.15, 0.2) is 0 Å². The molecule has 0 spiro atoms. The van der Waals surface area contributed by atoms with Crippen molar-refractivity contribution in [2.45, 2.75) is 43.0 Å². The molecule has 5 fully saturated rings. The molecule has 4 aliphatic heterocycles. The van der Waals surface area contributed by atoms with Crippen molar-refractivity contribution in [3.8, 4) is 0 Å². The number of amides is 1. The summed E-state index contributed by atoms with van der Waals surface area (Å²) in [6.07, 6.45) is 2.71. The van der Waals surface area contributed by atoms with Crippen molar-refractivity contribution in [2.24, 2.45) is 11.7 Å². The van der Waals surface area contributed by atoms with Crippen LogP contribution in [0.4, 0.5) is 15.8 Å². The molecule has 5 aliphatic rings. The van der Waals surface area contributed by atoms with Crippen LogP contribution in [0.1, 0.15) is 6.42 Å². The Morgan fingerprint density at radius 2 is 2.19 bits per heavy atom. The third kappa shape index (κ3) is 3.40. The van der Waals surface area contributed by atoms with Crippen molar-refractivity contribution < 1.29 is 13.9 Å². The second kappa shape index (κ2) is 7.61. The number of hydrogen-bond donors (Lipinski definition) is 4. The Kier molecular flexibility index (Phi) is 4.85. The predicted molar refractivity (Wildman–Crippen MR) is 112 cm³/mol. The molecule has 6 unspecified atom stereocenters. The molecular weight excluding hydrogens is 403 g/mol. The van der Waals surface area contributed by atoms with E-state index in [4.69, 9.17) is 10.5 Å². The smallest absolute Gasteiger partial charge is 0.233 e. The SMILES string of the molecule is NC1NN2CC(F)CNC2C1C(=O)Nc1cnccc1N1CCN(C2COC2)C2CC21. The molecule has 6 atom stereocenters. The number of hydrazine groups is 1. The molecule has 10 nitrogen and oxygen atoms in total. The maximum Gasteiger partial charge on any atom is 0.233 e. The van der Waals surface area contributed by atoms with E-state index in [1.54, 1.807) is 17.4 Å². The molecule has 0 bridgehead atoms. The van der Waals surface area contributed by atoms with Gasteiger partial charge < -0.3 is 20.7 Å². The fourth-order valence-corrected chi connectivity index (χ4v) is 5.51. The average Bonchev–Trinajstić information content (AvgIpc) is 3.44. The number of nitrogens with one attached hydrogen (secondary N) is 3. The summed E-state index contributed by atoms with van der Waals surface area (Å²) in [4.78, 5) is 22.4. The van der Waals surface area contributed by atoms with Crippen molar-refractivity contribution in [1.29, 1.82) is 0 Å². The van der Waals surface area contributed by atoms with Gasteiger partial charge in [0.05, 0.1) is 55.1 Å². The lowest BCUT2D eigenvalue weighted by Crippen LogP contribution is -2.58. The molecule has 11 heteroatoms. The van der Waals surface area contributed by atoms with Crippen LogP contribution in [0.25, 0.3) is 0 Å². The number of rotatable bonds is 4. The van der Waals surface area contributed by atoms with Gasteiger partial charge in [0, 0.05) is 44.5 Å². The maximum atomic E-state index is 13.7. The predicted octanol–water partition coefficient (Wildman–Crippen LogP) is -1.33. The van der Waals surface area contributed by atoms with E-state index in [9.17, 15) is 9.18 Å². The number of carbonyl (C=O) groups is 1. The van der Waals surface area contributed by atoms with E-state index < -0.39 is 18.3 Å². The lowest BCUT2D eigenvalue weighted by molar-refractivity contribution is -0.121. The van der Waals surface area contributed by atoms with Gasteiger partial charge in [-0.15, -0.1) is 0 Å². The average molecular weight is 433 g/mol. The molecule has 0 radical (unpaired) electrons. The summed E-state index contributed by atoms with van der Waals surface area (Å²) in [5.74, 6) is -0.728. The van der Waals surface area contributed by atoms with Gasteiger partial charge in [-0.1, -0.05) is 0 Å². The highest BCUT2D eigenvalue weighted by Crippen LogP contribution is 2.43. The first kappa shape index (κ1) is 19.8. The topological polar surface area (TPSA) is 111 Å². The molecule has 1 aliphatic carbocycles. The van der Waals surface area contributed by atoms with Crippen molar-refractivity contribution in [3.63, 3.8) is 0 Å². The fourth-order valence-electron chi connectivity index (χ4n) is 5.51. The first-order chi connectivity index (χ1) is 15.1. The zero-order valence-electron chi connectivity index (χ0n) is 17.3. The monoisotopic (exact) mass is 432 g/mol. The van der Waals surface area contributed by atoms with Crippen LogP contribution in [0.5, 0.6) is 0 Å². The van der Waals surface area contributed by atoms with Gasteiger partial charge in [0.2, 0.25) is 5.91 Å². The Labute approximate surface area is 180 Å². The number of piperazine rings is 1. The van der Waals surface area contributed by atoms with Gasteiger partial charge in [-0.3, -0.25) is 20.0 Å². The van der Waals surface area contributed by atoms with Crippen LogP contribution >= 0.6 is 0 Å². The third-order valence-electron chi connectivity index (χ3n) is 7.23. The second-order valence-electron chi connectivity index (χ2n) is 9.16. The van der Waals surface area contributed by atoms with E-state index in [-0.39, 0.29) is 25.2 Å². The van der Waals surface area contributed by atoms with Gasteiger partial charge in [-0.05, 0) is 12.5 Å². The molecule has 1 saturated carbocycles. The Hall–Kier alpha value is -1.89. The van der Waals surface area contributed by atoms with E-state index >= 15 is 0 Å². The van der Waals surface area contributed by atoms with Crippen LogP contribution in [0.2, 0.25) is 0 Å². The maximum absolute atomic E-state index is 13.7. The van der Waals surface area contributed by atoms with E-state index in [0.29, 0.717) is 23.8 Å². The second-order valence-corrected chi connectivity index (χ2v) is 9.16. The molecule has 168 valence electrons. The third-order valence-corrected chi connectivity index (χ3v) is 7.23. The number of nitrogens with two attached hydrogens (primary N) is 1. The number of alkyl halides is 1. The largest absolute Gasteiger partial charge is 0.378 e. The number of halogens is 1. The van der Waals surface area contributed by atoms with Crippen LogP contribution < -0.4 is 26.7 Å². The number of nitrogens with zero attached hydrogens (tertiary/aromatic N) is 4. The van der Waals surface area contributed by atoms with Crippen LogP contribution in [-0.4, -0.2) is 96.8 Å². The minimum absolute atomic E-state index is 0.191. The van der Waals surface area contributed by atoms with Crippen molar-refractivity contribution >= 4 is 17.3 Å². The molecule has 0 aromatic carbocycles. The van der Waals surface area contributed by atoms with Crippen LogP contribution in [-0.2, 0) is 9.53 Å².